The number of hydrogen-bond donors (Lipinski definition) is 1. The van der Waals surface area contributed by atoms with Crippen molar-refractivity contribution >= 4 is 33.0 Å². The first-order chi connectivity index (χ1) is 9.06. The van der Waals surface area contributed by atoms with Gasteiger partial charge in [0.15, 0.2) is 0 Å². The van der Waals surface area contributed by atoms with E-state index in [9.17, 15) is 9.18 Å². The fourth-order valence-electron chi connectivity index (χ4n) is 1.54. The predicted molar refractivity (Wildman–Crippen MR) is 77.6 cm³/mol. The second kappa shape index (κ2) is 8.51. The van der Waals surface area contributed by atoms with Crippen LogP contribution in [0.2, 0.25) is 0 Å². The molecule has 0 amide bonds. The molecule has 1 heterocycles. The van der Waals surface area contributed by atoms with Gasteiger partial charge in [-0.05, 0) is 18.5 Å². The number of halogens is 3. The fraction of sp³-hybridized carbons (Fsp3) is 0.462. The molecule has 0 bridgehead atoms. The Labute approximate surface area is 125 Å². The average Bonchev–Trinajstić information content (AvgIpc) is 2.86. The van der Waals surface area contributed by atoms with Gasteiger partial charge >= 0.3 is 5.43 Å². The smallest absolute Gasteiger partial charge is 0.404 e. The van der Waals surface area contributed by atoms with Gasteiger partial charge in [-0.1, -0.05) is 46.3 Å². The summed E-state index contributed by atoms with van der Waals surface area (Å²) in [5.74, 6) is 0. The molecule has 0 aromatic heterocycles. The zero-order valence-corrected chi connectivity index (χ0v) is 12.7. The summed E-state index contributed by atoms with van der Waals surface area (Å²) in [6.45, 7) is 1.57. The predicted octanol–water partition coefficient (Wildman–Crippen LogP) is 3.64. The van der Waals surface area contributed by atoms with Crippen molar-refractivity contribution in [1.82, 2.24) is 5.32 Å². The molecule has 1 aromatic rings. The highest BCUT2D eigenvalue weighted by Gasteiger charge is 2.31. The van der Waals surface area contributed by atoms with E-state index >= 15 is 0 Å². The number of hydrogen-bond acceptors (Lipinski definition) is 3. The lowest BCUT2D eigenvalue weighted by molar-refractivity contribution is 0.167. The van der Waals surface area contributed by atoms with E-state index in [1.165, 1.54) is 0 Å². The number of alkyl halides is 2. The summed E-state index contributed by atoms with van der Waals surface area (Å²) in [5.41, 5.74) is -0.796. The van der Waals surface area contributed by atoms with Crippen LogP contribution in [0.25, 0.3) is 0 Å². The normalized spacial score (nSPS) is 21.4. The lowest BCUT2D eigenvalue weighted by Gasteiger charge is -2.12. The molecule has 0 aliphatic carbocycles. The first-order valence-electron chi connectivity index (χ1n) is 5.87. The van der Waals surface area contributed by atoms with Gasteiger partial charge in [-0.2, -0.15) is 0 Å². The molecule has 1 unspecified atom stereocenters. The molecule has 1 saturated heterocycles. The zero-order valence-electron chi connectivity index (χ0n) is 10.4. The SMILES string of the molecule is FC1(CBr)CCNC1.O=C(Cl)OCc1ccccc1. The van der Waals surface area contributed by atoms with Crippen LogP contribution in [0.4, 0.5) is 9.18 Å². The van der Waals surface area contributed by atoms with Crippen LogP contribution in [0.3, 0.4) is 0 Å². The molecular weight excluding hydrogens is 337 g/mol. The van der Waals surface area contributed by atoms with Crippen LogP contribution in [0.1, 0.15) is 12.0 Å². The Kier molecular flexibility index (Phi) is 7.34. The van der Waals surface area contributed by atoms with Crippen LogP contribution in [-0.2, 0) is 11.3 Å². The molecule has 1 aliphatic rings. The highest BCUT2D eigenvalue weighted by molar-refractivity contribution is 9.09. The minimum atomic E-state index is -0.958. The first kappa shape index (κ1) is 16.4. The van der Waals surface area contributed by atoms with Gasteiger partial charge in [0.2, 0.25) is 0 Å². The maximum Gasteiger partial charge on any atom is 0.404 e. The van der Waals surface area contributed by atoms with Crippen LogP contribution in [0, 0.1) is 0 Å². The summed E-state index contributed by atoms with van der Waals surface area (Å²) in [5, 5.41) is 3.42. The quantitative estimate of drug-likeness (QED) is 0.666. The molecule has 1 fully saturated rings. The summed E-state index contributed by atoms with van der Waals surface area (Å²) < 4.78 is 17.5. The van der Waals surface area contributed by atoms with Crippen molar-refractivity contribution in [3.05, 3.63) is 35.9 Å². The van der Waals surface area contributed by atoms with E-state index in [4.69, 9.17) is 11.6 Å². The number of ether oxygens (including phenoxy) is 1. The van der Waals surface area contributed by atoms with Crippen LogP contribution in [0.15, 0.2) is 30.3 Å². The molecule has 1 atom stereocenters. The molecular formula is C13H16BrClFNO2. The zero-order chi connectivity index (χ0) is 14.1. The molecule has 6 heteroatoms. The Balaban J connectivity index is 0.000000200. The molecule has 19 heavy (non-hydrogen) atoms. The van der Waals surface area contributed by atoms with Crippen LogP contribution < -0.4 is 5.32 Å². The van der Waals surface area contributed by atoms with Crippen molar-refractivity contribution in [3.8, 4) is 0 Å². The van der Waals surface area contributed by atoms with Crippen LogP contribution >= 0.6 is 27.5 Å². The Hall–Kier alpha value is -0.650. The van der Waals surface area contributed by atoms with Gasteiger partial charge in [0.25, 0.3) is 0 Å². The third kappa shape index (κ3) is 6.89. The number of carbonyl (C=O) groups excluding carboxylic acids is 1. The van der Waals surface area contributed by atoms with Gasteiger partial charge in [-0.15, -0.1) is 0 Å². The molecule has 106 valence electrons. The van der Waals surface area contributed by atoms with Crippen molar-refractivity contribution < 1.29 is 13.9 Å². The third-order valence-electron chi connectivity index (χ3n) is 2.63. The van der Waals surface area contributed by atoms with Gasteiger partial charge in [0.1, 0.15) is 12.3 Å². The maximum absolute atomic E-state index is 12.9. The Morgan fingerprint density at radius 3 is 2.58 bits per heavy atom. The van der Waals surface area contributed by atoms with E-state index in [-0.39, 0.29) is 6.61 Å². The van der Waals surface area contributed by atoms with Crippen molar-refractivity contribution in [1.29, 1.82) is 0 Å². The standard InChI is InChI=1S/C8H7ClO2.C5H9BrFN/c9-8(10)11-6-7-4-2-1-3-5-7;6-3-5(7)1-2-8-4-5/h1-5H,6H2;8H,1-4H2. The molecule has 1 aromatic carbocycles. The highest BCUT2D eigenvalue weighted by atomic mass is 79.9. The van der Waals surface area contributed by atoms with E-state index in [2.05, 4.69) is 26.0 Å². The minimum absolute atomic E-state index is 0.239. The van der Waals surface area contributed by atoms with E-state index in [0.29, 0.717) is 18.3 Å². The van der Waals surface area contributed by atoms with Crippen molar-refractivity contribution in [2.45, 2.75) is 18.7 Å². The molecule has 0 saturated carbocycles. The lowest BCUT2D eigenvalue weighted by atomic mass is 10.1. The van der Waals surface area contributed by atoms with Crippen LogP contribution in [0.5, 0.6) is 0 Å². The van der Waals surface area contributed by atoms with Crippen LogP contribution in [-0.4, -0.2) is 29.5 Å². The lowest BCUT2D eigenvalue weighted by Crippen LogP contribution is -2.27. The molecule has 1 N–H and O–H groups in total. The number of carbonyl (C=O) groups is 1. The van der Waals surface area contributed by atoms with Crippen molar-refractivity contribution in [2.24, 2.45) is 0 Å². The summed E-state index contributed by atoms with van der Waals surface area (Å²) >= 11 is 8.08. The summed E-state index contributed by atoms with van der Waals surface area (Å²) in [4.78, 5) is 10.2. The molecule has 1 aliphatic heterocycles. The van der Waals surface area contributed by atoms with Gasteiger partial charge in [0, 0.05) is 23.5 Å². The summed E-state index contributed by atoms with van der Waals surface area (Å²) in [6, 6.07) is 9.36. The Morgan fingerprint density at radius 2 is 2.16 bits per heavy atom. The first-order valence-corrected chi connectivity index (χ1v) is 7.37. The summed E-state index contributed by atoms with van der Waals surface area (Å²) in [7, 11) is 0. The largest absolute Gasteiger partial charge is 0.449 e. The minimum Gasteiger partial charge on any atom is -0.449 e. The van der Waals surface area contributed by atoms with Crippen molar-refractivity contribution in [3.63, 3.8) is 0 Å². The van der Waals surface area contributed by atoms with E-state index in [1.807, 2.05) is 30.3 Å². The average molecular weight is 353 g/mol. The summed E-state index contributed by atoms with van der Waals surface area (Å²) in [6.07, 6.45) is 0.651. The number of rotatable bonds is 3. The molecule has 3 nitrogen and oxygen atoms in total. The van der Waals surface area contributed by atoms with E-state index in [1.54, 1.807) is 0 Å². The maximum atomic E-state index is 12.9. The topological polar surface area (TPSA) is 38.3 Å². The molecule has 2 rings (SSSR count). The Bertz CT molecular complexity index is 385. The van der Waals surface area contributed by atoms with Crippen molar-refractivity contribution in [2.75, 3.05) is 18.4 Å². The van der Waals surface area contributed by atoms with Gasteiger partial charge < -0.3 is 10.1 Å². The van der Waals surface area contributed by atoms with Gasteiger partial charge in [-0.25, -0.2) is 9.18 Å². The molecule has 0 spiro atoms. The monoisotopic (exact) mass is 351 g/mol. The van der Waals surface area contributed by atoms with Gasteiger partial charge in [-0.3, -0.25) is 0 Å². The van der Waals surface area contributed by atoms with Gasteiger partial charge in [0.05, 0.1) is 0 Å². The highest BCUT2D eigenvalue weighted by Crippen LogP contribution is 2.21. The van der Waals surface area contributed by atoms with E-state index in [0.717, 1.165) is 12.1 Å². The second-order valence-corrected chi connectivity index (χ2v) is 5.09. The molecule has 0 radical (unpaired) electrons. The number of nitrogens with one attached hydrogen (secondary N) is 1. The second-order valence-electron chi connectivity index (χ2n) is 4.22. The number of benzene rings is 1. The third-order valence-corrected chi connectivity index (χ3v) is 3.74. The van der Waals surface area contributed by atoms with E-state index < -0.39 is 11.1 Å². The fourth-order valence-corrected chi connectivity index (χ4v) is 2.07. The Morgan fingerprint density at radius 1 is 1.47 bits per heavy atom.